The largest absolute Gasteiger partial charge is 0.371 e. The van der Waals surface area contributed by atoms with Crippen LogP contribution in [-0.4, -0.2) is 18.9 Å². The molecule has 1 aliphatic rings. The lowest BCUT2D eigenvalue weighted by molar-refractivity contribution is 0.0984. The van der Waals surface area contributed by atoms with Crippen LogP contribution in [0.2, 0.25) is 0 Å². The summed E-state index contributed by atoms with van der Waals surface area (Å²) in [6.07, 6.45) is 1.67. The lowest BCUT2D eigenvalue weighted by atomic mass is 10.00. The summed E-state index contributed by atoms with van der Waals surface area (Å²) >= 11 is 0. The molecule has 3 rings (SSSR count). The average Bonchev–Trinajstić information content (AvgIpc) is 2.90. The van der Waals surface area contributed by atoms with E-state index in [9.17, 15) is 4.79 Å². The van der Waals surface area contributed by atoms with E-state index in [4.69, 9.17) is 0 Å². The fourth-order valence-electron chi connectivity index (χ4n) is 3.05. The van der Waals surface area contributed by atoms with Crippen LogP contribution >= 0.6 is 0 Å². The van der Waals surface area contributed by atoms with Crippen LogP contribution in [0.1, 0.15) is 33.5 Å². The molecule has 21 heavy (non-hydrogen) atoms. The molecule has 1 heterocycles. The van der Waals surface area contributed by atoms with Gasteiger partial charge in [0.1, 0.15) is 0 Å². The number of ketones is 1. The van der Waals surface area contributed by atoms with Crippen molar-refractivity contribution in [2.45, 2.75) is 26.7 Å². The topological polar surface area (TPSA) is 20.3 Å². The predicted octanol–water partition coefficient (Wildman–Crippen LogP) is 3.94. The Labute approximate surface area is 126 Å². The number of hydrogen-bond donors (Lipinski definition) is 0. The summed E-state index contributed by atoms with van der Waals surface area (Å²) in [7, 11) is 0. The van der Waals surface area contributed by atoms with Gasteiger partial charge in [-0.15, -0.1) is 0 Å². The Hall–Kier alpha value is -2.09. The van der Waals surface area contributed by atoms with Crippen LogP contribution in [0.25, 0.3) is 0 Å². The molecule has 2 aromatic rings. The number of rotatable bonds is 4. The van der Waals surface area contributed by atoms with Gasteiger partial charge in [-0.3, -0.25) is 4.79 Å². The third-order valence-corrected chi connectivity index (χ3v) is 4.29. The van der Waals surface area contributed by atoms with E-state index >= 15 is 0 Å². The van der Waals surface area contributed by atoms with E-state index in [0.717, 1.165) is 36.2 Å². The van der Waals surface area contributed by atoms with E-state index in [1.807, 2.05) is 26.0 Å². The van der Waals surface area contributed by atoms with Gasteiger partial charge in [-0.1, -0.05) is 35.9 Å². The molecule has 0 unspecified atom stereocenters. The molecule has 0 spiro atoms. The highest BCUT2D eigenvalue weighted by Crippen LogP contribution is 2.27. The van der Waals surface area contributed by atoms with Gasteiger partial charge in [0.15, 0.2) is 5.78 Å². The van der Waals surface area contributed by atoms with Gasteiger partial charge < -0.3 is 4.90 Å². The molecule has 2 aromatic carbocycles. The van der Waals surface area contributed by atoms with Crippen molar-refractivity contribution in [1.82, 2.24) is 0 Å². The molecule has 0 radical (unpaired) electrons. The van der Waals surface area contributed by atoms with E-state index < -0.39 is 0 Å². The van der Waals surface area contributed by atoms with Crippen molar-refractivity contribution in [2.24, 2.45) is 0 Å². The summed E-state index contributed by atoms with van der Waals surface area (Å²) in [6, 6.07) is 14.6. The summed E-state index contributed by atoms with van der Waals surface area (Å²) < 4.78 is 0. The molecule has 0 aromatic heterocycles. The third kappa shape index (κ3) is 2.85. The summed E-state index contributed by atoms with van der Waals surface area (Å²) in [5, 5.41) is 0. The molecule has 0 saturated carbocycles. The van der Waals surface area contributed by atoms with Crippen molar-refractivity contribution in [2.75, 3.05) is 18.0 Å². The maximum Gasteiger partial charge on any atom is 0.164 e. The van der Waals surface area contributed by atoms with Gasteiger partial charge in [-0.25, -0.2) is 0 Å². The van der Waals surface area contributed by atoms with E-state index in [0.29, 0.717) is 6.42 Å². The lowest BCUT2D eigenvalue weighted by Gasteiger charge is -2.19. The van der Waals surface area contributed by atoms with Crippen LogP contribution in [0.3, 0.4) is 0 Å². The Morgan fingerprint density at radius 1 is 1.14 bits per heavy atom. The van der Waals surface area contributed by atoms with Crippen LogP contribution in [0.15, 0.2) is 42.5 Å². The van der Waals surface area contributed by atoms with E-state index in [-0.39, 0.29) is 5.78 Å². The minimum atomic E-state index is 0.251. The third-order valence-electron chi connectivity index (χ3n) is 4.29. The van der Waals surface area contributed by atoms with E-state index in [1.165, 1.54) is 11.3 Å². The van der Waals surface area contributed by atoms with Gasteiger partial charge in [0.25, 0.3) is 0 Å². The first-order chi connectivity index (χ1) is 10.1. The van der Waals surface area contributed by atoms with E-state index in [1.54, 1.807) is 0 Å². The number of fused-ring (bicyclic) bond motifs is 1. The lowest BCUT2D eigenvalue weighted by Crippen LogP contribution is -2.24. The molecular formula is C19H21NO. The Kier molecular flexibility index (Phi) is 3.78. The summed E-state index contributed by atoms with van der Waals surface area (Å²) in [5.74, 6) is 0.251. The van der Waals surface area contributed by atoms with Crippen LogP contribution in [0.4, 0.5) is 5.69 Å². The maximum atomic E-state index is 12.5. The first-order valence-electron chi connectivity index (χ1n) is 7.58. The first kappa shape index (κ1) is 13.9. The van der Waals surface area contributed by atoms with Gasteiger partial charge in [0.05, 0.1) is 0 Å². The van der Waals surface area contributed by atoms with Gasteiger partial charge in [0, 0.05) is 30.8 Å². The Morgan fingerprint density at radius 2 is 1.95 bits per heavy atom. The summed E-state index contributed by atoms with van der Waals surface area (Å²) in [5.41, 5.74) is 5.80. The van der Waals surface area contributed by atoms with Gasteiger partial charge >= 0.3 is 0 Å². The Balaban J connectivity index is 1.69. The molecule has 0 aliphatic carbocycles. The fraction of sp³-hybridized carbons (Fsp3) is 0.316. The smallest absolute Gasteiger partial charge is 0.164 e. The van der Waals surface area contributed by atoms with Crippen molar-refractivity contribution >= 4 is 11.5 Å². The molecule has 2 heteroatoms. The maximum absolute atomic E-state index is 12.5. The number of Topliss-reactive ketones (excluding diaryl/α,β-unsaturated/α-hetero) is 1. The average molecular weight is 279 g/mol. The van der Waals surface area contributed by atoms with Gasteiger partial charge in [-0.05, 0) is 43.5 Å². The first-order valence-corrected chi connectivity index (χ1v) is 7.58. The molecule has 0 atom stereocenters. The number of para-hydroxylation sites is 1. The normalized spacial score (nSPS) is 13.3. The van der Waals surface area contributed by atoms with Crippen molar-refractivity contribution in [3.05, 3.63) is 64.7 Å². The second kappa shape index (κ2) is 5.72. The van der Waals surface area contributed by atoms with Crippen LogP contribution in [0, 0.1) is 13.8 Å². The highest BCUT2D eigenvalue weighted by Gasteiger charge is 2.19. The highest BCUT2D eigenvalue weighted by molar-refractivity contribution is 5.97. The number of benzene rings is 2. The molecule has 0 N–H and O–H groups in total. The second-order valence-corrected chi connectivity index (χ2v) is 5.86. The van der Waals surface area contributed by atoms with E-state index in [2.05, 4.69) is 35.2 Å². The van der Waals surface area contributed by atoms with Crippen LogP contribution in [-0.2, 0) is 6.42 Å². The predicted molar refractivity (Wildman–Crippen MR) is 87.2 cm³/mol. The summed E-state index contributed by atoms with van der Waals surface area (Å²) in [4.78, 5) is 14.8. The molecular weight excluding hydrogens is 258 g/mol. The molecule has 0 amide bonds. The van der Waals surface area contributed by atoms with Crippen LogP contribution in [0.5, 0.6) is 0 Å². The second-order valence-electron chi connectivity index (χ2n) is 5.86. The number of nitrogens with zero attached hydrogens (tertiary/aromatic N) is 1. The number of hydrogen-bond acceptors (Lipinski definition) is 2. The Morgan fingerprint density at radius 3 is 2.81 bits per heavy atom. The quantitative estimate of drug-likeness (QED) is 0.790. The van der Waals surface area contributed by atoms with Crippen molar-refractivity contribution in [3.8, 4) is 0 Å². The minimum absolute atomic E-state index is 0.251. The zero-order valence-corrected chi connectivity index (χ0v) is 12.7. The molecule has 0 saturated heterocycles. The Bertz CT molecular complexity index is 675. The zero-order chi connectivity index (χ0) is 14.8. The minimum Gasteiger partial charge on any atom is -0.371 e. The molecule has 1 aliphatic heterocycles. The summed E-state index contributed by atoms with van der Waals surface area (Å²) in [6.45, 7) is 5.88. The number of carbonyl (C=O) groups is 1. The highest BCUT2D eigenvalue weighted by atomic mass is 16.1. The van der Waals surface area contributed by atoms with Crippen molar-refractivity contribution in [3.63, 3.8) is 0 Å². The van der Waals surface area contributed by atoms with Crippen molar-refractivity contribution in [1.29, 1.82) is 0 Å². The number of aryl methyl sites for hydroxylation is 2. The number of anilines is 1. The van der Waals surface area contributed by atoms with Crippen LogP contribution < -0.4 is 4.90 Å². The standard InChI is InChI=1S/C19H21NO/c1-14-7-8-15(2)17(13-14)19(21)10-12-20-11-9-16-5-3-4-6-18(16)20/h3-8,13H,9-12H2,1-2H3. The van der Waals surface area contributed by atoms with Gasteiger partial charge in [0.2, 0.25) is 0 Å². The molecule has 108 valence electrons. The van der Waals surface area contributed by atoms with Crippen molar-refractivity contribution < 1.29 is 4.79 Å². The molecule has 2 nitrogen and oxygen atoms in total. The molecule has 0 fully saturated rings. The van der Waals surface area contributed by atoms with Gasteiger partial charge in [-0.2, -0.15) is 0 Å². The molecule has 0 bridgehead atoms. The fourth-order valence-corrected chi connectivity index (χ4v) is 3.05. The monoisotopic (exact) mass is 279 g/mol. The SMILES string of the molecule is Cc1ccc(C)c(C(=O)CCN2CCc3ccccc32)c1. The zero-order valence-electron chi connectivity index (χ0n) is 12.7. The number of carbonyl (C=O) groups excluding carboxylic acids is 1.